The number of fused-ring (bicyclic) bond motifs is 1. The SMILES string of the molecule is COc1ccc2c(c1)C[C@H](NC(=O)NCc1ccc(OC(C)C)cc1)CO2. The molecular formula is C21H26N2O4. The van der Waals surface area contributed by atoms with Gasteiger partial charge in [-0.1, -0.05) is 12.1 Å². The highest BCUT2D eigenvalue weighted by atomic mass is 16.5. The fraction of sp³-hybridized carbons (Fsp3) is 0.381. The minimum atomic E-state index is -0.211. The Bertz CT molecular complexity index is 774. The highest BCUT2D eigenvalue weighted by Crippen LogP contribution is 2.28. The minimum absolute atomic E-state index is 0.0774. The van der Waals surface area contributed by atoms with Crippen molar-refractivity contribution in [3.63, 3.8) is 0 Å². The lowest BCUT2D eigenvalue weighted by Crippen LogP contribution is -2.47. The van der Waals surface area contributed by atoms with E-state index >= 15 is 0 Å². The molecule has 3 rings (SSSR count). The van der Waals surface area contributed by atoms with E-state index in [0.29, 0.717) is 19.6 Å². The smallest absolute Gasteiger partial charge is 0.315 e. The normalized spacial score (nSPS) is 15.5. The number of rotatable bonds is 6. The van der Waals surface area contributed by atoms with Gasteiger partial charge in [-0.2, -0.15) is 0 Å². The molecule has 1 heterocycles. The van der Waals surface area contributed by atoms with Crippen LogP contribution in [0.2, 0.25) is 0 Å². The van der Waals surface area contributed by atoms with Crippen LogP contribution in [-0.2, 0) is 13.0 Å². The number of methoxy groups -OCH3 is 1. The molecular weight excluding hydrogens is 344 g/mol. The molecule has 0 bridgehead atoms. The van der Waals surface area contributed by atoms with Crippen LogP contribution in [0.4, 0.5) is 4.79 Å². The molecule has 1 aliphatic rings. The maximum Gasteiger partial charge on any atom is 0.315 e. The molecule has 1 atom stereocenters. The molecule has 144 valence electrons. The second-order valence-electron chi connectivity index (χ2n) is 6.82. The summed E-state index contributed by atoms with van der Waals surface area (Å²) in [7, 11) is 1.64. The molecule has 2 aromatic carbocycles. The van der Waals surface area contributed by atoms with E-state index < -0.39 is 0 Å². The Morgan fingerprint density at radius 2 is 1.93 bits per heavy atom. The molecule has 0 saturated heterocycles. The van der Waals surface area contributed by atoms with Crippen LogP contribution >= 0.6 is 0 Å². The number of nitrogens with one attached hydrogen (secondary N) is 2. The molecule has 0 saturated carbocycles. The number of carbonyl (C=O) groups is 1. The van der Waals surface area contributed by atoms with Crippen LogP contribution in [0.1, 0.15) is 25.0 Å². The summed E-state index contributed by atoms with van der Waals surface area (Å²) >= 11 is 0. The van der Waals surface area contributed by atoms with Gasteiger partial charge in [0.1, 0.15) is 23.9 Å². The summed E-state index contributed by atoms with van der Waals surface area (Å²) in [5.41, 5.74) is 2.04. The number of hydrogen-bond donors (Lipinski definition) is 2. The standard InChI is InChI=1S/C21H26N2O4/c1-14(2)27-18-6-4-15(5-7-18)12-22-21(24)23-17-10-16-11-19(25-3)8-9-20(16)26-13-17/h4-9,11,14,17H,10,12-13H2,1-3H3,(H2,22,23,24)/t17-/m0/s1. The first-order chi connectivity index (χ1) is 13.0. The Balaban J connectivity index is 1.48. The van der Waals surface area contributed by atoms with E-state index in [0.717, 1.165) is 28.4 Å². The molecule has 0 aromatic heterocycles. The van der Waals surface area contributed by atoms with Gasteiger partial charge in [0.15, 0.2) is 0 Å². The predicted molar refractivity (Wildman–Crippen MR) is 104 cm³/mol. The lowest BCUT2D eigenvalue weighted by Gasteiger charge is -2.26. The summed E-state index contributed by atoms with van der Waals surface area (Å²) in [6, 6.07) is 13.1. The van der Waals surface area contributed by atoms with Gasteiger partial charge in [-0.05, 0) is 61.7 Å². The molecule has 2 amide bonds. The topological polar surface area (TPSA) is 68.8 Å². The zero-order valence-corrected chi connectivity index (χ0v) is 16.0. The number of urea groups is 1. The van der Waals surface area contributed by atoms with Gasteiger partial charge in [0.2, 0.25) is 0 Å². The Morgan fingerprint density at radius 1 is 1.19 bits per heavy atom. The molecule has 27 heavy (non-hydrogen) atoms. The number of hydrogen-bond acceptors (Lipinski definition) is 4. The first-order valence-electron chi connectivity index (χ1n) is 9.13. The summed E-state index contributed by atoms with van der Waals surface area (Å²) in [6.45, 7) is 4.88. The van der Waals surface area contributed by atoms with Gasteiger partial charge >= 0.3 is 6.03 Å². The van der Waals surface area contributed by atoms with Gasteiger partial charge in [-0.3, -0.25) is 0 Å². The van der Waals surface area contributed by atoms with Crippen LogP contribution < -0.4 is 24.8 Å². The van der Waals surface area contributed by atoms with E-state index in [2.05, 4.69) is 10.6 Å². The van der Waals surface area contributed by atoms with Crippen LogP contribution in [0, 0.1) is 0 Å². The van der Waals surface area contributed by atoms with Crippen molar-refractivity contribution in [2.75, 3.05) is 13.7 Å². The Labute approximate surface area is 159 Å². The summed E-state index contributed by atoms with van der Waals surface area (Å²) in [5.74, 6) is 2.46. The molecule has 0 radical (unpaired) electrons. The van der Waals surface area contributed by atoms with E-state index in [-0.39, 0.29) is 18.2 Å². The molecule has 2 aromatic rings. The molecule has 6 heteroatoms. The quantitative estimate of drug-likeness (QED) is 0.819. The zero-order chi connectivity index (χ0) is 19.2. The van der Waals surface area contributed by atoms with Gasteiger partial charge in [-0.25, -0.2) is 4.79 Å². The summed E-state index contributed by atoms with van der Waals surface area (Å²) in [4.78, 5) is 12.2. The zero-order valence-electron chi connectivity index (χ0n) is 16.0. The maximum atomic E-state index is 12.2. The van der Waals surface area contributed by atoms with Crippen molar-refractivity contribution in [1.82, 2.24) is 10.6 Å². The number of amides is 2. The lowest BCUT2D eigenvalue weighted by atomic mass is 10.0. The van der Waals surface area contributed by atoms with Crippen molar-refractivity contribution >= 4 is 6.03 Å². The van der Waals surface area contributed by atoms with Gasteiger partial charge in [-0.15, -0.1) is 0 Å². The highest BCUT2D eigenvalue weighted by Gasteiger charge is 2.21. The molecule has 0 fully saturated rings. The van der Waals surface area contributed by atoms with Crippen LogP contribution in [0.5, 0.6) is 17.2 Å². The molecule has 0 unspecified atom stereocenters. The van der Waals surface area contributed by atoms with E-state index in [9.17, 15) is 4.79 Å². The second-order valence-corrected chi connectivity index (χ2v) is 6.82. The van der Waals surface area contributed by atoms with Crippen LogP contribution in [0.15, 0.2) is 42.5 Å². The average Bonchev–Trinajstić information content (AvgIpc) is 2.66. The first-order valence-corrected chi connectivity index (χ1v) is 9.13. The largest absolute Gasteiger partial charge is 0.497 e. The number of carbonyl (C=O) groups excluding carboxylic acids is 1. The van der Waals surface area contributed by atoms with Crippen LogP contribution in [0.25, 0.3) is 0 Å². The summed E-state index contributed by atoms with van der Waals surface area (Å²) in [5, 5.41) is 5.85. The van der Waals surface area contributed by atoms with Crippen molar-refractivity contribution in [3.05, 3.63) is 53.6 Å². The monoisotopic (exact) mass is 370 g/mol. The molecule has 0 spiro atoms. The third-order valence-electron chi connectivity index (χ3n) is 4.26. The molecule has 1 aliphatic heterocycles. The minimum Gasteiger partial charge on any atom is -0.497 e. The van der Waals surface area contributed by atoms with E-state index in [1.54, 1.807) is 7.11 Å². The molecule has 6 nitrogen and oxygen atoms in total. The predicted octanol–water partition coefficient (Wildman–Crippen LogP) is 3.29. The van der Waals surface area contributed by atoms with Gasteiger partial charge in [0.05, 0.1) is 19.3 Å². The number of ether oxygens (including phenoxy) is 3. The van der Waals surface area contributed by atoms with Crippen molar-refractivity contribution in [1.29, 1.82) is 0 Å². The highest BCUT2D eigenvalue weighted by molar-refractivity contribution is 5.74. The Hall–Kier alpha value is -2.89. The van der Waals surface area contributed by atoms with Gasteiger partial charge in [0.25, 0.3) is 0 Å². The molecule has 2 N–H and O–H groups in total. The van der Waals surface area contributed by atoms with Crippen LogP contribution in [0.3, 0.4) is 0 Å². The Morgan fingerprint density at radius 3 is 2.63 bits per heavy atom. The first kappa shape index (κ1) is 18.9. The average molecular weight is 370 g/mol. The van der Waals surface area contributed by atoms with Crippen molar-refractivity contribution in [3.8, 4) is 17.2 Å². The van der Waals surface area contributed by atoms with Crippen molar-refractivity contribution in [2.24, 2.45) is 0 Å². The van der Waals surface area contributed by atoms with E-state index in [1.807, 2.05) is 56.3 Å². The third kappa shape index (κ3) is 5.29. The fourth-order valence-electron chi connectivity index (χ4n) is 2.97. The summed E-state index contributed by atoms with van der Waals surface area (Å²) in [6.07, 6.45) is 0.851. The van der Waals surface area contributed by atoms with Gasteiger partial charge < -0.3 is 24.8 Å². The van der Waals surface area contributed by atoms with Crippen LogP contribution in [-0.4, -0.2) is 31.9 Å². The van der Waals surface area contributed by atoms with E-state index in [4.69, 9.17) is 14.2 Å². The maximum absolute atomic E-state index is 12.2. The van der Waals surface area contributed by atoms with Crippen molar-refractivity contribution < 1.29 is 19.0 Å². The Kier molecular flexibility index (Phi) is 6.06. The van der Waals surface area contributed by atoms with E-state index in [1.165, 1.54) is 0 Å². The third-order valence-corrected chi connectivity index (χ3v) is 4.26. The second kappa shape index (κ2) is 8.66. The van der Waals surface area contributed by atoms with Gasteiger partial charge in [0, 0.05) is 6.54 Å². The fourth-order valence-corrected chi connectivity index (χ4v) is 2.97. The van der Waals surface area contributed by atoms with Crippen molar-refractivity contribution in [2.45, 2.75) is 39.0 Å². The summed E-state index contributed by atoms with van der Waals surface area (Å²) < 4.78 is 16.6. The number of benzene rings is 2. The molecule has 0 aliphatic carbocycles. The lowest BCUT2D eigenvalue weighted by molar-refractivity contribution is 0.214.